The highest BCUT2D eigenvalue weighted by molar-refractivity contribution is 14.1. The fourth-order valence-electron chi connectivity index (χ4n) is 18.7. The number of aromatic nitrogens is 9. The van der Waals surface area contributed by atoms with Crippen molar-refractivity contribution in [1.29, 1.82) is 5.26 Å². The van der Waals surface area contributed by atoms with Crippen LogP contribution in [0.3, 0.4) is 0 Å². The van der Waals surface area contributed by atoms with Crippen molar-refractivity contribution in [3.8, 4) is 40.4 Å². The monoisotopic (exact) mass is 1810 g/mol. The molecule has 0 amide bonds. The molecule has 5 N–H and O–H groups in total. The highest BCUT2D eigenvalue weighted by Crippen LogP contribution is 2.44. The van der Waals surface area contributed by atoms with Crippen LogP contribution in [-0.4, -0.2) is 197 Å². The molecule has 0 radical (unpaired) electrons. The maximum Gasteiger partial charge on any atom is 0.261 e. The molecule has 27 heteroatoms. The van der Waals surface area contributed by atoms with E-state index in [2.05, 4.69) is 223 Å². The molecule has 0 saturated carbocycles. The van der Waals surface area contributed by atoms with E-state index in [1.54, 1.807) is 0 Å². The summed E-state index contributed by atoms with van der Waals surface area (Å²) in [6.07, 6.45) is 19.7. The number of nitriles is 1. The summed E-state index contributed by atoms with van der Waals surface area (Å²) in [5, 5.41) is 44.3. The molecule has 8 saturated heterocycles. The van der Waals surface area contributed by atoms with E-state index in [4.69, 9.17) is 47.5 Å². The topological polar surface area (TPSA) is 286 Å². The summed E-state index contributed by atoms with van der Waals surface area (Å²) in [7, 11) is 0. The van der Waals surface area contributed by atoms with Crippen LogP contribution < -0.4 is 41.3 Å². The molecule has 0 aliphatic carbocycles. The van der Waals surface area contributed by atoms with E-state index in [-0.39, 0.29) is 6.04 Å². The molecule has 116 heavy (non-hydrogen) atoms. The first-order valence-corrected chi connectivity index (χ1v) is 45.3. The predicted molar refractivity (Wildman–Crippen MR) is 475 cm³/mol. The van der Waals surface area contributed by atoms with Gasteiger partial charge in [0, 0.05) is 162 Å². The van der Waals surface area contributed by atoms with E-state index in [1.165, 1.54) is 61.3 Å². The van der Waals surface area contributed by atoms with Crippen molar-refractivity contribution in [1.82, 2.24) is 72.0 Å². The zero-order valence-electron chi connectivity index (χ0n) is 70.5. The second kappa shape index (κ2) is 39.7. The Labute approximate surface area is 712 Å². The summed E-state index contributed by atoms with van der Waals surface area (Å²) in [6, 6.07) is 21.7. The van der Waals surface area contributed by atoms with Gasteiger partial charge in [-0.1, -0.05) is 36.2 Å². The molecule has 8 fully saturated rings. The van der Waals surface area contributed by atoms with Crippen LogP contribution in [0, 0.1) is 60.0 Å². The maximum absolute atomic E-state index is 9.92. The molecule has 9 atom stereocenters. The van der Waals surface area contributed by atoms with Crippen molar-refractivity contribution in [3.05, 3.63) is 100.0 Å². The lowest BCUT2D eigenvalue weighted by molar-refractivity contribution is 0.0727. The minimum Gasteiger partial charge on any atom is -0.381 e. The lowest BCUT2D eigenvalue weighted by atomic mass is 9.94. The van der Waals surface area contributed by atoms with Gasteiger partial charge in [-0.15, -0.1) is 0 Å². The van der Waals surface area contributed by atoms with Crippen LogP contribution in [-0.2, 0) is 38.2 Å². The summed E-state index contributed by atoms with van der Waals surface area (Å²) in [6.45, 7) is 38.5. The fourth-order valence-corrected chi connectivity index (χ4v) is 20.3. The quantitative estimate of drug-likeness (QED) is 0.0529. The minimum atomic E-state index is 0.272. The van der Waals surface area contributed by atoms with Crippen molar-refractivity contribution >= 4 is 95.3 Å². The van der Waals surface area contributed by atoms with Gasteiger partial charge in [0.15, 0.2) is 17.5 Å². The molecule has 25 nitrogen and oxygen atoms in total. The number of nitrogens with zero attached hydrogens (tertiary/aromatic N) is 13. The van der Waals surface area contributed by atoms with Crippen LogP contribution in [0.4, 0.5) is 17.5 Å². The number of fused-ring (bicyclic) bond motifs is 3. The van der Waals surface area contributed by atoms with E-state index in [1.807, 2.05) is 26.8 Å². The van der Waals surface area contributed by atoms with Crippen LogP contribution in [0.5, 0.6) is 0 Å². The van der Waals surface area contributed by atoms with Crippen LogP contribution in [0.15, 0.2) is 50.0 Å². The minimum absolute atomic E-state index is 0.272. The van der Waals surface area contributed by atoms with Crippen LogP contribution in [0.2, 0.25) is 0 Å². The third-order valence-electron chi connectivity index (χ3n) is 25.2. The number of rotatable bonds is 17. The number of hydrogen-bond acceptors (Lipinski definition) is 25. The maximum atomic E-state index is 9.92. The number of pyridine rings is 3. The number of halogens is 2. The summed E-state index contributed by atoms with van der Waals surface area (Å²) >= 11 is 4.85. The fraction of sp³-hybridized carbons (Fsp3) is 0.618. The van der Waals surface area contributed by atoms with E-state index in [0.29, 0.717) is 101 Å². The largest absolute Gasteiger partial charge is 0.381 e. The Morgan fingerprint density at radius 2 is 0.750 bits per heavy atom. The Morgan fingerprint density at radius 3 is 1.08 bits per heavy atom. The van der Waals surface area contributed by atoms with E-state index in [0.717, 1.165) is 247 Å². The number of nitrogens with one attached hydrogen (secondary N) is 5. The van der Waals surface area contributed by atoms with Gasteiger partial charge in [0.1, 0.15) is 23.5 Å². The number of anilines is 3. The normalized spacial score (nSPS) is 23.9. The second-order valence-corrected chi connectivity index (χ2v) is 36.0. The molecule has 0 unspecified atom stereocenters. The molecular formula is C89H122I2N18O7. The third-order valence-corrected chi connectivity index (χ3v) is 26.8. The Morgan fingerprint density at radius 1 is 0.414 bits per heavy atom. The van der Waals surface area contributed by atoms with Gasteiger partial charge in [0.25, 0.3) is 17.7 Å². The zero-order chi connectivity index (χ0) is 81.3. The van der Waals surface area contributed by atoms with Crippen molar-refractivity contribution in [2.45, 2.75) is 278 Å². The summed E-state index contributed by atoms with van der Waals surface area (Å²) < 4.78 is 41.4. The molecule has 8 aliphatic heterocycles. The molecule has 0 bridgehead atoms. The lowest BCUT2D eigenvalue weighted by Crippen LogP contribution is -2.51. The molecule has 17 rings (SSSR count). The molecule has 0 spiro atoms. The highest BCUT2D eigenvalue weighted by Gasteiger charge is 2.37. The van der Waals surface area contributed by atoms with Gasteiger partial charge in [0.05, 0.1) is 45.4 Å². The Balaban J connectivity index is 0.000000132. The summed E-state index contributed by atoms with van der Waals surface area (Å²) in [4.78, 5) is 36.7. The van der Waals surface area contributed by atoms with Crippen LogP contribution >= 0.6 is 45.2 Å². The van der Waals surface area contributed by atoms with Gasteiger partial charge >= 0.3 is 0 Å². The molecule has 9 aromatic rings. The standard InChI is InChI=1S/C27H34N6O2.C26H34IN5O2.C25H32IN5O2.C11H22N2O/c1-5-19-13-20(15-28)25-23(14-19)17(3)24(27-29-18(4)32-35-27)26(31-25)33-9-6-22(12-16(33)2)30-21-7-10-34-11-8-21;1-5-18-13-21-16(3)23(26-28-17(4)31-34-26)25(30-24(21)22(27)14-18)32-9-6-20(12-15(32)2)29-19-7-10-33-11-8-19;1-5-17-11-20-15(3)22(25-27-16(4)30-33-25)24(29-23(20)21(26)12-17)31-8-6-18(10-14(31)2)28-19-7-9-32-13-19;1-9-8-11(2-5-12-9)13-10-3-6-14-7-4-10/h13-14,16,21-22,30H,5-12H2,1-4H3;13-15,19-20,29H,5-12H2,1-4H3;11-12,14,18-19,28H,5-10,13H2,1-4H3;9-13H,2-8H2,1H3/t16-,22-;15-,20-;14-,18-,19+;9-,11-/m1111/s1. The average Bonchev–Trinajstić information content (AvgIpc) is 1.12. The predicted octanol–water partition coefficient (Wildman–Crippen LogP) is 15.4. The average molecular weight is 1810 g/mol. The van der Waals surface area contributed by atoms with Gasteiger partial charge in [-0.05, 0) is 306 Å². The van der Waals surface area contributed by atoms with Gasteiger partial charge in [0.2, 0.25) is 0 Å². The first-order chi connectivity index (χ1) is 56.2. The Bertz CT molecular complexity index is 4850. The first kappa shape index (κ1) is 85.7. The number of aryl methyl sites for hydroxylation is 9. The van der Waals surface area contributed by atoms with Gasteiger partial charge < -0.3 is 73.8 Å². The van der Waals surface area contributed by atoms with Gasteiger partial charge in [-0.3, -0.25) is 0 Å². The lowest BCUT2D eigenvalue weighted by Gasteiger charge is -2.41. The van der Waals surface area contributed by atoms with E-state index >= 15 is 0 Å². The summed E-state index contributed by atoms with van der Waals surface area (Å²) in [5.41, 5.74) is 13.4. The number of benzene rings is 3. The molecule has 3 aromatic carbocycles. The van der Waals surface area contributed by atoms with Crippen molar-refractivity contribution in [2.24, 2.45) is 0 Å². The van der Waals surface area contributed by atoms with Gasteiger partial charge in [-0.2, -0.15) is 20.2 Å². The SMILES string of the molecule is CCc1cc(C#N)c2nc(N3CC[C@@H](NC4CCOCC4)C[C@H]3C)c(-c3nc(C)no3)c(C)c2c1.CCc1cc(I)c2nc(N3CC[C@@H](NC4CCOCC4)C[C@H]3C)c(-c3nc(C)no3)c(C)c2c1.CCc1cc(I)c2nc(N3CC[C@@H](N[C@H]4CCOC4)C[C@H]3C)c(-c3nc(C)no3)c(C)c2c1.C[C@@H]1C[C@H](NC2CCOCC2)CCN1. The molecule has 6 aromatic heterocycles. The zero-order valence-corrected chi connectivity index (χ0v) is 74.8. The van der Waals surface area contributed by atoms with E-state index < -0.39 is 0 Å². The molecule has 8 aliphatic rings. The van der Waals surface area contributed by atoms with Crippen molar-refractivity contribution < 1.29 is 32.5 Å². The van der Waals surface area contributed by atoms with Crippen molar-refractivity contribution in [2.75, 3.05) is 93.7 Å². The highest BCUT2D eigenvalue weighted by atomic mass is 127. The van der Waals surface area contributed by atoms with Crippen LogP contribution in [0.25, 0.3) is 67.1 Å². The van der Waals surface area contributed by atoms with Gasteiger partial charge in [-0.25, -0.2) is 15.0 Å². The molecular weight excluding hydrogens is 1690 g/mol. The number of piperidine rings is 4. The Kier molecular flexibility index (Phi) is 29.3. The summed E-state index contributed by atoms with van der Waals surface area (Å²) in [5.74, 6) is 6.24. The van der Waals surface area contributed by atoms with E-state index in [9.17, 15) is 5.26 Å². The smallest absolute Gasteiger partial charge is 0.261 e. The number of hydrogen-bond donors (Lipinski definition) is 5. The van der Waals surface area contributed by atoms with Crippen molar-refractivity contribution in [3.63, 3.8) is 0 Å². The third kappa shape index (κ3) is 20.3. The second-order valence-electron chi connectivity index (χ2n) is 33.7. The van der Waals surface area contributed by atoms with Crippen LogP contribution in [0.1, 0.15) is 201 Å². The molecule has 14 heterocycles. The first-order valence-electron chi connectivity index (χ1n) is 43.1. The molecule has 624 valence electrons. The number of ether oxygens (including phenoxy) is 4. The Hall–Kier alpha value is -6.70.